The highest BCUT2D eigenvalue weighted by Gasteiger charge is 2.30. The first-order valence-electron chi connectivity index (χ1n) is 8.07. The molecule has 1 aromatic heterocycles. The van der Waals surface area contributed by atoms with Crippen LogP contribution in [0.25, 0.3) is 0 Å². The summed E-state index contributed by atoms with van der Waals surface area (Å²) < 4.78 is 0. The molecular weight excluding hydrogens is 266 g/mol. The van der Waals surface area contributed by atoms with Gasteiger partial charge in [0.15, 0.2) is 5.13 Å². The Morgan fingerprint density at radius 2 is 2.15 bits per heavy atom. The first-order chi connectivity index (χ1) is 9.65. The van der Waals surface area contributed by atoms with Crippen molar-refractivity contribution in [2.75, 3.05) is 25.0 Å². The molecule has 1 saturated carbocycles. The molecule has 0 bridgehead atoms. The van der Waals surface area contributed by atoms with Gasteiger partial charge in [0, 0.05) is 30.9 Å². The normalized spacial score (nSPS) is 16.4. The number of nitrogens with zero attached hydrogens (tertiary/aromatic N) is 2. The Kier molecular flexibility index (Phi) is 5.85. The van der Waals surface area contributed by atoms with Crippen molar-refractivity contribution in [3.8, 4) is 0 Å². The van der Waals surface area contributed by atoms with Crippen molar-refractivity contribution in [3.63, 3.8) is 0 Å². The molecule has 20 heavy (non-hydrogen) atoms. The number of nitrogens with one attached hydrogen (secondary N) is 1. The third kappa shape index (κ3) is 4.19. The summed E-state index contributed by atoms with van der Waals surface area (Å²) in [5, 5.41) is 4.74. The number of hydrogen-bond donors (Lipinski definition) is 1. The summed E-state index contributed by atoms with van der Waals surface area (Å²) in [4.78, 5) is 8.75. The van der Waals surface area contributed by atoms with Crippen LogP contribution in [0.1, 0.15) is 62.9 Å². The van der Waals surface area contributed by atoms with E-state index in [9.17, 15) is 0 Å². The van der Waals surface area contributed by atoms with Gasteiger partial charge >= 0.3 is 0 Å². The molecule has 2 rings (SSSR count). The zero-order valence-electron chi connectivity index (χ0n) is 13.4. The van der Waals surface area contributed by atoms with Crippen LogP contribution >= 0.6 is 11.3 Å². The second-order valence-corrected chi connectivity index (χ2v) is 7.21. The summed E-state index contributed by atoms with van der Waals surface area (Å²) in [7, 11) is 2.19. The maximum absolute atomic E-state index is 4.94. The third-order valence-electron chi connectivity index (χ3n) is 4.00. The number of anilines is 1. The monoisotopic (exact) mass is 295 g/mol. The van der Waals surface area contributed by atoms with Crippen molar-refractivity contribution in [2.24, 2.45) is 5.92 Å². The van der Waals surface area contributed by atoms with Gasteiger partial charge in [0.2, 0.25) is 0 Å². The lowest BCUT2D eigenvalue weighted by Crippen LogP contribution is -2.23. The molecule has 3 nitrogen and oxygen atoms in total. The fourth-order valence-electron chi connectivity index (χ4n) is 2.37. The Labute approximate surface area is 127 Å². The van der Waals surface area contributed by atoms with E-state index in [1.165, 1.54) is 41.4 Å². The molecule has 1 fully saturated rings. The molecule has 1 atom stereocenters. The van der Waals surface area contributed by atoms with Gasteiger partial charge in [-0.05, 0) is 31.7 Å². The van der Waals surface area contributed by atoms with Crippen molar-refractivity contribution in [3.05, 3.63) is 10.6 Å². The quantitative estimate of drug-likeness (QED) is 0.698. The van der Waals surface area contributed by atoms with E-state index in [4.69, 9.17) is 4.98 Å². The van der Waals surface area contributed by atoms with Gasteiger partial charge in [-0.15, -0.1) is 11.3 Å². The molecule has 0 aromatic carbocycles. The fourth-order valence-corrected chi connectivity index (χ4v) is 3.46. The van der Waals surface area contributed by atoms with E-state index in [1.54, 1.807) is 0 Å². The molecule has 1 aliphatic rings. The first-order valence-corrected chi connectivity index (χ1v) is 8.88. The Morgan fingerprint density at radius 3 is 2.75 bits per heavy atom. The molecule has 4 heteroatoms. The van der Waals surface area contributed by atoms with E-state index < -0.39 is 0 Å². The highest BCUT2D eigenvalue weighted by atomic mass is 32.1. The fraction of sp³-hybridized carbons (Fsp3) is 0.812. The van der Waals surface area contributed by atoms with Gasteiger partial charge in [0.25, 0.3) is 0 Å². The largest absolute Gasteiger partial charge is 0.351 e. The van der Waals surface area contributed by atoms with E-state index in [1.807, 2.05) is 11.3 Å². The van der Waals surface area contributed by atoms with Gasteiger partial charge in [-0.2, -0.15) is 0 Å². The van der Waals surface area contributed by atoms with Crippen molar-refractivity contribution in [2.45, 2.75) is 58.9 Å². The minimum atomic E-state index is 0.731. The summed E-state index contributed by atoms with van der Waals surface area (Å²) in [6, 6.07) is 0. The van der Waals surface area contributed by atoms with Crippen LogP contribution in [-0.2, 0) is 6.54 Å². The number of hydrogen-bond acceptors (Lipinski definition) is 4. The Morgan fingerprint density at radius 1 is 1.40 bits per heavy atom. The molecule has 1 aliphatic carbocycles. The molecule has 1 unspecified atom stereocenters. The zero-order chi connectivity index (χ0) is 14.5. The van der Waals surface area contributed by atoms with E-state index in [2.05, 4.69) is 38.0 Å². The minimum Gasteiger partial charge on any atom is -0.351 e. The van der Waals surface area contributed by atoms with Crippen LogP contribution in [0.2, 0.25) is 0 Å². The molecule has 1 N–H and O–H groups in total. The van der Waals surface area contributed by atoms with Crippen LogP contribution in [0.4, 0.5) is 5.13 Å². The second-order valence-electron chi connectivity index (χ2n) is 6.15. The molecular formula is C16H29N3S. The van der Waals surface area contributed by atoms with Crippen molar-refractivity contribution in [1.82, 2.24) is 10.3 Å². The summed E-state index contributed by atoms with van der Waals surface area (Å²) in [6.07, 6.45) is 5.09. The van der Waals surface area contributed by atoms with Crippen LogP contribution in [0.5, 0.6) is 0 Å². The molecule has 1 heterocycles. The standard InChI is InChI=1S/C16H29N3S/c1-5-9-17-10-14-15(13-7-8-13)18-16(20-14)19(4)11-12(3)6-2/h12-13,17H,5-11H2,1-4H3. The third-order valence-corrected chi connectivity index (χ3v) is 5.19. The lowest BCUT2D eigenvalue weighted by molar-refractivity contribution is 0.559. The van der Waals surface area contributed by atoms with Gasteiger partial charge in [-0.1, -0.05) is 27.2 Å². The van der Waals surface area contributed by atoms with Gasteiger partial charge in [-0.25, -0.2) is 4.98 Å². The van der Waals surface area contributed by atoms with Gasteiger partial charge < -0.3 is 10.2 Å². The molecule has 0 aliphatic heterocycles. The first kappa shape index (κ1) is 15.8. The topological polar surface area (TPSA) is 28.2 Å². The average Bonchev–Trinajstić information content (AvgIpc) is 3.19. The van der Waals surface area contributed by atoms with Crippen LogP contribution < -0.4 is 10.2 Å². The van der Waals surface area contributed by atoms with E-state index in [0.29, 0.717) is 0 Å². The van der Waals surface area contributed by atoms with E-state index in [-0.39, 0.29) is 0 Å². The summed E-state index contributed by atoms with van der Waals surface area (Å²) in [5.74, 6) is 1.48. The highest BCUT2D eigenvalue weighted by molar-refractivity contribution is 7.15. The maximum atomic E-state index is 4.94. The molecule has 0 amide bonds. The second kappa shape index (κ2) is 7.41. The van der Waals surface area contributed by atoms with Gasteiger partial charge in [-0.3, -0.25) is 0 Å². The Balaban J connectivity index is 2.03. The molecule has 0 spiro atoms. The Hall–Kier alpha value is -0.610. The van der Waals surface area contributed by atoms with Crippen molar-refractivity contribution < 1.29 is 0 Å². The van der Waals surface area contributed by atoms with E-state index in [0.717, 1.165) is 31.5 Å². The molecule has 114 valence electrons. The smallest absolute Gasteiger partial charge is 0.185 e. The molecule has 1 aromatic rings. The zero-order valence-corrected chi connectivity index (χ0v) is 14.2. The lowest BCUT2D eigenvalue weighted by atomic mass is 10.1. The SMILES string of the molecule is CCCNCc1sc(N(C)CC(C)CC)nc1C1CC1. The van der Waals surface area contributed by atoms with Crippen molar-refractivity contribution in [1.29, 1.82) is 0 Å². The number of rotatable bonds is 9. The predicted molar refractivity (Wildman–Crippen MR) is 88.8 cm³/mol. The number of thiazole rings is 1. The minimum absolute atomic E-state index is 0.731. The highest BCUT2D eigenvalue weighted by Crippen LogP contribution is 2.44. The van der Waals surface area contributed by atoms with E-state index >= 15 is 0 Å². The predicted octanol–water partition coefficient (Wildman–Crippen LogP) is 4.00. The van der Waals surface area contributed by atoms with Crippen LogP contribution in [0.3, 0.4) is 0 Å². The van der Waals surface area contributed by atoms with Gasteiger partial charge in [0.1, 0.15) is 0 Å². The molecule has 0 radical (unpaired) electrons. The average molecular weight is 295 g/mol. The van der Waals surface area contributed by atoms with Crippen LogP contribution in [-0.4, -0.2) is 25.1 Å². The van der Waals surface area contributed by atoms with Crippen LogP contribution in [0.15, 0.2) is 0 Å². The van der Waals surface area contributed by atoms with Crippen molar-refractivity contribution >= 4 is 16.5 Å². The number of aromatic nitrogens is 1. The molecule has 0 saturated heterocycles. The summed E-state index contributed by atoms with van der Waals surface area (Å²) in [6.45, 7) is 9.99. The lowest BCUT2D eigenvalue weighted by Gasteiger charge is -2.19. The van der Waals surface area contributed by atoms with Gasteiger partial charge in [0.05, 0.1) is 5.69 Å². The van der Waals surface area contributed by atoms with Crippen LogP contribution in [0, 0.1) is 5.92 Å². The maximum Gasteiger partial charge on any atom is 0.185 e. The summed E-state index contributed by atoms with van der Waals surface area (Å²) >= 11 is 1.89. The Bertz CT molecular complexity index is 412. The summed E-state index contributed by atoms with van der Waals surface area (Å²) in [5.41, 5.74) is 1.38.